The molecule has 1 fully saturated rings. The summed E-state index contributed by atoms with van der Waals surface area (Å²) < 4.78 is 32.8. The van der Waals surface area contributed by atoms with Crippen LogP contribution in [-0.4, -0.2) is 64.4 Å². The van der Waals surface area contributed by atoms with Gasteiger partial charge in [0, 0.05) is 43.0 Å². The summed E-state index contributed by atoms with van der Waals surface area (Å²) in [5, 5.41) is 2.70. The van der Waals surface area contributed by atoms with Crippen molar-refractivity contribution in [1.82, 2.24) is 9.62 Å². The molecule has 1 aromatic heterocycles. The molecule has 1 aliphatic rings. The fraction of sp³-hybridized carbons (Fsp3) is 0.455. The number of thiophene rings is 1. The molecule has 1 aliphatic heterocycles. The lowest BCUT2D eigenvalue weighted by Crippen LogP contribution is -2.38. The van der Waals surface area contributed by atoms with Crippen LogP contribution in [0.1, 0.15) is 33.8 Å². The van der Waals surface area contributed by atoms with Crippen LogP contribution >= 0.6 is 11.3 Å². The van der Waals surface area contributed by atoms with Crippen LogP contribution in [0.2, 0.25) is 0 Å². The van der Waals surface area contributed by atoms with E-state index in [1.54, 1.807) is 18.2 Å². The second-order valence-electron chi connectivity index (χ2n) is 7.61. The third-order valence-corrected chi connectivity index (χ3v) is 7.61. The Bertz CT molecular complexity index is 1010. The van der Waals surface area contributed by atoms with Gasteiger partial charge in [-0.15, -0.1) is 11.3 Å². The minimum absolute atomic E-state index is 0.0561. The van der Waals surface area contributed by atoms with Crippen molar-refractivity contribution in [2.24, 2.45) is 0 Å². The third-order valence-electron chi connectivity index (χ3n) is 5.09. The molecule has 0 bridgehead atoms. The van der Waals surface area contributed by atoms with Crippen LogP contribution in [0.4, 0.5) is 5.69 Å². The van der Waals surface area contributed by atoms with Crippen molar-refractivity contribution in [1.29, 1.82) is 0 Å². The first-order chi connectivity index (χ1) is 15.3. The van der Waals surface area contributed by atoms with Crippen LogP contribution in [0.25, 0.3) is 0 Å². The highest BCUT2D eigenvalue weighted by atomic mass is 32.2. The second kappa shape index (κ2) is 11.7. The minimum Gasteiger partial charge on any atom is -0.379 e. The van der Waals surface area contributed by atoms with Crippen molar-refractivity contribution in [3.63, 3.8) is 0 Å². The highest BCUT2D eigenvalue weighted by molar-refractivity contribution is 7.89. The summed E-state index contributed by atoms with van der Waals surface area (Å²) >= 11 is 1.42. The summed E-state index contributed by atoms with van der Waals surface area (Å²) in [4.78, 5) is 28.4. The molecule has 2 N–H and O–H groups in total. The van der Waals surface area contributed by atoms with E-state index >= 15 is 0 Å². The van der Waals surface area contributed by atoms with Crippen molar-refractivity contribution in [2.45, 2.75) is 31.1 Å². The van der Waals surface area contributed by atoms with Crippen molar-refractivity contribution < 1.29 is 22.7 Å². The van der Waals surface area contributed by atoms with E-state index in [4.69, 9.17) is 4.74 Å². The molecule has 174 valence electrons. The lowest BCUT2D eigenvalue weighted by Gasteiger charge is -2.26. The molecule has 1 amide bonds. The number of Topliss-reactive ketones (excluding diaryl/α,β-unsaturated/α-hetero) is 1. The Morgan fingerprint density at radius 1 is 1.06 bits per heavy atom. The number of aryl methyl sites for hydroxylation is 1. The molecule has 10 heteroatoms. The normalized spacial score (nSPS) is 14.9. The SMILES string of the molecule is Cc1ccc(C(=O)CCC(=O)Nc2ccc(S(=O)(=O)NCCCN3CCOCC3)cc2)s1. The fourth-order valence-electron chi connectivity index (χ4n) is 3.29. The molecule has 0 spiro atoms. The lowest BCUT2D eigenvalue weighted by atomic mass is 10.2. The second-order valence-corrected chi connectivity index (χ2v) is 10.7. The van der Waals surface area contributed by atoms with E-state index in [0.717, 1.165) is 44.1 Å². The van der Waals surface area contributed by atoms with Crippen LogP contribution in [0.15, 0.2) is 41.3 Å². The number of hydrogen-bond donors (Lipinski definition) is 2. The van der Waals surface area contributed by atoms with Crippen LogP contribution in [-0.2, 0) is 19.6 Å². The van der Waals surface area contributed by atoms with Crippen molar-refractivity contribution in [3.05, 3.63) is 46.2 Å². The summed E-state index contributed by atoms with van der Waals surface area (Å²) in [6.45, 7) is 6.31. The molecule has 2 aromatic rings. The summed E-state index contributed by atoms with van der Waals surface area (Å²) in [5.41, 5.74) is 0.487. The molecule has 0 atom stereocenters. The van der Waals surface area contributed by atoms with Crippen molar-refractivity contribution >= 4 is 38.7 Å². The Morgan fingerprint density at radius 3 is 2.44 bits per heavy atom. The number of hydrogen-bond acceptors (Lipinski definition) is 7. The zero-order valence-electron chi connectivity index (χ0n) is 18.1. The van der Waals surface area contributed by atoms with E-state index in [1.807, 2.05) is 13.0 Å². The molecule has 0 unspecified atom stereocenters. The maximum Gasteiger partial charge on any atom is 0.240 e. The summed E-state index contributed by atoms with van der Waals surface area (Å²) in [7, 11) is -3.61. The summed E-state index contributed by atoms with van der Waals surface area (Å²) in [6, 6.07) is 9.66. The van der Waals surface area contributed by atoms with Gasteiger partial charge in [-0.1, -0.05) is 0 Å². The largest absolute Gasteiger partial charge is 0.379 e. The number of rotatable bonds is 11. The van der Waals surface area contributed by atoms with Gasteiger partial charge in [0.05, 0.1) is 23.0 Å². The number of ketones is 1. The predicted molar refractivity (Wildman–Crippen MR) is 125 cm³/mol. The number of carbonyl (C=O) groups excluding carboxylic acids is 2. The number of anilines is 1. The average Bonchev–Trinajstić information content (AvgIpc) is 3.23. The number of morpholine rings is 1. The molecule has 3 rings (SSSR count). The average molecular weight is 480 g/mol. The van der Waals surface area contributed by atoms with Gasteiger partial charge >= 0.3 is 0 Å². The van der Waals surface area contributed by atoms with Crippen molar-refractivity contribution in [2.75, 3.05) is 44.7 Å². The smallest absolute Gasteiger partial charge is 0.240 e. The molecular weight excluding hydrogens is 450 g/mol. The standard InChI is InChI=1S/C22H29N3O5S2/c1-17-3-9-21(31-17)20(26)8-10-22(27)24-18-4-6-19(7-5-18)32(28,29)23-11-2-12-25-13-15-30-16-14-25/h3-7,9,23H,2,8,10-16H2,1H3,(H,24,27). The Labute approximate surface area is 193 Å². The first-order valence-corrected chi connectivity index (χ1v) is 12.9. The first-order valence-electron chi connectivity index (χ1n) is 10.6. The zero-order valence-corrected chi connectivity index (χ0v) is 19.8. The molecule has 1 saturated heterocycles. The van der Waals surface area contributed by atoms with E-state index in [0.29, 0.717) is 17.1 Å². The topological polar surface area (TPSA) is 105 Å². The number of ether oxygens (including phenoxy) is 1. The van der Waals surface area contributed by atoms with Crippen LogP contribution in [0, 0.1) is 6.92 Å². The number of benzene rings is 1. The highest BCUT2D eigenvalue weighted by Crippen LogP contribution is 2.18. The van der Waals surface area contributed by atoms with E-state index in [-0.39, 0.29) is 29.4 Å². The van der Waals surface area contributed by atoms with Gasteiger partial charge in [0.1, 0.15) is 0 Å². The van der Waals surface area contributed by atoms with E-state index in [1.165, 1.54) is 23.5 Å². The maximum absolute atomic E-state index is 12.5. The fourth-order valence-corrected chi connectivity index (χ4v) is 5.20. The lowest BCUT2D eigenvalue weighted by molar-refractivity contribution is -0.116. The molecule has 0 saturated carbocycles. The third kappa shape index (κ3) is 7.49. The van der Waals surface area contributed by atoms with E-state index < -0.39 is 10.0 Å². The number of carbonyl (C=O) groups is 2. The van der Waals surface area contributed by atoms with Crippen LogP contribution in [0.3, 0.4) is 0 Å². The van der Waals surface area contributed by atoms with Gasteiger partial charge < -0.3 is 10.1 Å². The molecule has 0 radical (unpaired) electrons. The zero-order chi connectivity index (χ0) is 23.0. The molecule has 8 nitrogen and oxygen atoms in total. The highest BCUT2D eigenvalue weighted by Gasteiger charge is 2.15. The van der Waals surface area contributed by atoms with Crippen LogP contribution in [0.5, 0.6) is 0 Å². The number of nitrogens with one attached hydrogen (secondary N) is 2. The number of nitrogens with zero attached hydrogens (tertiary/aromatic N) is 1. The van der Waals surface area contributed by atoms with Gasteiger partial charge in [0.2, 0.25) is 15.9 Å². The van der Waals surface area contributed by atoms with Crippen LogP contribution < -0.4 is 10.0 Å². The van der Waals surface area contributed by atoms with E-state index in [2.05, 4.69) is 14.9 Å². The maximum atomic E-state index is 12.5. The first kappa shape index (κ1) is 24.5. The van der Waals surface area contributed by atoms with Gasteiger partial charge in [0.15, 0.2) is 5.78 Å². The minimum atomic E-state index is -3.61. The molecule has 1 aromatic carbocycles. The Morgan fingerprint density at radius 2 is 1.78 bits per heavy atom. The Hall–Kier alpha value is -2.11. The van der Waals surface area contributed by atoms with Gasteiger partial charge in [-0.2, -0.15) is 0 Å². The molecule has 0 aliphatic carbocycles. The predicted octanol–water partition coefficient (Wildman–Crippen LogP) is 2.66. The van der Waals surface area contributed by atoms with Gasteiger partial charge in [-0.25, -0.2) is 13.1 Å². The summed E-state index contributed by atoms with van der Waals surface area (Å²) in [5.74, 6) is -0.345. The Balaban J connectivity index is 1.41. The monoisotopic (exact) mass is 479 g/mol. The van der Waals surface area contributed by atoms with Gasteiger partial charge in [-0.05, 0) is 56.3 Å². The molecular formula is C22H29N3O5S2. The van der Waals surface area contributed by atoms with Gasteiger partial charge in [0.25, 0.3) is 0 Å². The van der Waals surface area contributed by atoms with Crippen molar-refractivity contribution in [3.8, 4) is 0 Å². The molecule has 2 heterocycles. The number of sulfonamides is 1. The van der Waals surface area contributed by atoms with E-state index in [9.17, 15) is 18.0 Å². The quantitative estimate of drug-likeness (QED) is 0.379. The number of amides is 1. The molecule has 32 heavy (non-hydrogen) atoms. The van der Waals surface area contributed by atoms with Gasteiger partial charge in [-0.3, -0.25) is 14.5 Å². The Kier molecular flexibility index (Phi) is 8.94. The summed E-state index contributed by atoms with van der Waals surface area (Å²) in [6.07, 6.45) is 0.921.